The fraction of sp³-hybridized carbons (Fsp3) is 1.00. The highest BCUT2D eigenvalue weighted by Gasteiger charge is 2.11. The molecule has 1 aliphatic rings. The molecular weight excluding hydrogens is 122 g/mol. The molecule has 1 aliphatic heterocycles. The van der Waals surface area contributed by atoms with Crippen LogP contribution in [0.5, 0.6) is 0 Å². The second-order valence-electron chi connectivity index (χ2n) is 2.49. The van der Waals surface area contributed by atoms with Crippen LogP contribution < -0.4 is 5.32 Å². The van der Waals surface area contributed by atoms with Gasteiger partial charge in [0.25, 0.3) is 0 Å². The van der Waals surface area contributed by atoms with Crippen LogP contribution in [-0.2, 0) is 9.93 Å². The molecule has 0 radical (unpaired) electrons. The van der Waals surface area contributed by atoms with Crippen molar-refractivity contribution in [2.45, 2.75) is 0 Å². The zero-order valence-electron chi connectivity index (χ0n) is 5.18. The zero-order chi connectivity index (χ0) is 6.04. The van der Waals surface area contributed by atoms with Crippen molar-refractivity contribution >= 4 is 9.93 Å². The van der Waals surface area contributed by atoms with Gasteiger partial charge in [-0.3, -0.25) is 4.21 Å². The van der Waals surface area contributed by atoms with Crippen molar-refractivity contribution < 1.29 is 4.21 Å². The van der Waals surface area contributed by atoms with Gasteiger partial charge in [-0.2, -0.15) is 0 Å². The number of nitrogens with one attached hydrogen (secondary N) is 1. The lowest BCUT2D eigenvalue weighted by Crippen LogP contribution is -2.39. The quantitative estimate of drug-likeness (QED) is 0.427. The molecule has 0 bridgehead atoms. The first-order chi connectivity index (χ1) is 3.71. The van der Waals surface area contributed by atoms with Gasteiger partial charge in [0.2, 0.25) is 0 Å². The normalized spacial score (nSPS) is 31.6. The molecule has 0 aromatic heterocycles. The van der Waals surface area contributed by atoms with E-state index in [1.165, 1.54) is 0 Å². The first-order valence-corrected chi connectivity index (χ1v) is 5.49. The minimum Gasteiger partial charge on any atom is -0.315 e. The molecule has 1 rings (SSSR count). The van der Waals surface area contributed by atoms with E-state index in [2.05, 4.69) is 5.32 Å². The molecule has 1 N–H and O–H groups in total. The Morgan fingerprint density at radius 1 is 1.38 bits per heavy atom. The van der Waals surface area contributed by atoms with Crippen molar-refractivity contribution in [1.29, 1.82) is 0 Å². The molecule has 1 fully saturated rings. The molecule has 2 nitrogen and oxygen atoms in total. The zero-order valence-corrected chi connectivity index (χ0v) is 6.08. The van der Waals surface area contributed by atoms with Gasteiger partial charge in [-0.1, -0.05) is 0 Å². The molecule has 3 heteroatoms. The van der Waals surface area contributed by atoms with E-state index in [1.54, 1.807) is 0 Å². The number of hydrogen-bond acceptors (Lipinski definition) is 2. The van der Waals surface area contributed by atoms with Gasteiger partial charge in [0.15, 0.2) is 0 Å². The van der Waals surface area contributed by atoms with Gasteiger partial charge >= 0.3 is 0 Å². The minimum atomic E-state index is -1.65. The lowest BCUT2D eigenvalue weighted by molar-refractivity contribution is 0.649. The lowest BCUT2D eigenvalue weighted by atomic mass is 10.6. The standard InChI is InChI=1S/C5H13NOS/c1-8(7)4-2-6-3-5-8/h6,8H,2-5H2,1H3. The van der Waals surface area contributed by atoms with Gasteiger partial charge in [0.1, 0.15) is 0 Å². The highest BCUT2D eigenvalue weighted by molar-refractivity contribution is 8.02. The fourth-order valence-electron chi connectivity index (χ4n) is 0.868. The number of rotatable bonds is 0. The van der Waals surface area contributed by atoms with Crippen molar-refractivity contribution in [1.82, 2.24) is 5.32 Å². The van der Waals surface area contributed by atoms with E-state index in [4.69, 9.17) is 0 Å². The van der Waals surface area contributed by atoms with Gasteiger partial charge in [-0.05, 0) is 6.26 Å². The first kappa shape index (κ1) is 6.23. The van der Waals surface area contributed by atoms with Crippen LogP contribution in [0.2, 0.25) is 0 Å². The third-order valence-electron chi connectivity index (χ3n) is 1.52. The van der Waals surface area contributed by atoms with E-state index in [9.17, 15) is 4.21 Å². The second kappa shape index (κ2) is 2.15. The molecule has 0 atom stereocenters. The van der Waals surface area contributed by atoms with E-state index in [-0.39, 0.29) is 0 Å². The summed E-state index contributed by atoms with van der Waals surface area (Å²) >= 11 is 0. The van der Waals surface area contributed by atoms with Crippen molar-refractivity contribution in [2.24, 2.45) is 0 Å². The molecule has 0 aromatic carbocycles. The summed E-state index contributed by atoms with van der Waals surface area (Å²) in [7, 11) is -1.65. The Morgan fingerprint density at radius 2 is 1.88 bits per heavy atom. The van der Waals surface area contributed by atoms with Crippen LogP contribution in [0.4, 0.5) is 0 Å². The van der Waals surface area contributed by atoms with Gasteiger partial charge in [-0.15, -0.1) is 9.93 Å². The van der Waals surface area contributed by atoms with Crippen LogP contribution >= 0.6 is 0 Å². The highest BCUT2D eigenvalue weighted by Crippen LogP contribution is 2.00. The summed E-state index contributed by atoms with van der Waals surface area (Å²) in [4.78, 5) is 0. The summed E-state index contributed by atoms with van der Waals surface area (Å²) in [6, 6.07) is 0. The van der Waals surface area contributed by atoms with E-state index in [0.29, 0.717) is 0 Å². The topological polar surface area (TPSA) is 29.1 Å². The Balaban J connectivity index is 2.45. The molecule has 0 aromatic rings. The summed E-state index contributed by atoms with van der Waals surface area (Å²) in [5, 5.41) is 3.17. The van der Waals surface area contributed by atoms with E-state index >= 15 is 0 Å². The Morgan fingerprint density at radius 3 is 2.12 bits per heavy atom. The molecule has 0 unspecified atom stereocenters. The summed E-state index contributed by atoms with van der Waals surface area (Å²) < 4.78 is 11.2. The fourth-order valence-corrected chi connectivity index (χ4v) is 2.35. The summed E-state index contributed by atoms with van der Waals surface area (Å²) in [6.45, 7) is 1.90. The first-order valence-electron chi connectivity index (χ1n) is 2.97. The highest BCUT2D eigenvalue weighted by atomic mass is 32.2. The number of hydrogen-bond donors (Lipinski definition) is 2. The molecule has 50 valence electrons. The maximum absolute atomic E-state index is 11.2. The molecule has 0 saturated carbocycles. The maximum atomic E-state index is 11.2. The van der Waals surface area contributed by atoms with E-state index in [1.807, 2.05) is 6.26 Å². The van der Waals surface area contributed by atoms with Crippen LogP contribution in [0, 0.1) is 0 Å². The largest absolute Gasteiger partial charge is 0.315 e. The second-order valence-corrected chi connectivity index (χ2v) is 5.98. The maximum Gasteiger partial charge on any atom is 0.0136 e. The minimum absolute atomic E-state index is 0.896. The van der Waals surface area contributed by atoms with Crippen LogP contribution in [0.1, 0.15) is 0 Å². The molecule has 0 amide bonds. The SMILES string of the molecule is C[SH]1(=O)CCNCC1. The third-order valence-corrected chi connectivity index (χ3v) is 3.86. The monoisotopic (exact) mass is 135 g/mol. The van der Waals surface area contributed by atoms with Gasteiger partial charge in [0.05, 0.1) is 0 Å². The van der Waals surface area contributed by atoms with Crippen LogP contribution in [0.3, 0.4) is 0 Å². The van der Waals surface area contributed by atoms with Crippen LogP contribution in [0.15, 0.2) is 0 Å². The smallest absolute Gasteiger partial charge is 0.0136 e. The average molecular weight is 135 g/mol. The van der Waals surface area contributed by atoms with Crippen LogP contribution in [-0.4, -0.2) is 35.1 Å². The lowest BCUT2D eigenvalue weighted by Gasteiger charge is -2.23. The third kappa shape index (κ3) is 1.56. The Bertz CT molecular complexity index is 114. The summed E-state index contributed by atoms with van der Waals surface area (Å²) in [5.41, 5.74) is 0. The average Bonchev–Trinajstić information content (AvgIpc) is 1.65. The predicted molar refractivity (Wildman–Crippen MR) is 38.1 cm³/mol. The van der Waals surface area contributed by atoms with Gasteiger partial charge in [-0.25, -0.2) is 0 Å². The Labute approximate surface area is 51.1 Å². The van der Waals surface area contributed by atoms with Crippen molar-refractivity contribution in [3.8, 4) is 0 Å². The molecule has 0 aliphatic carbocycles. The van der Waals surface area contributed by atoms with Crippen LogP contribution in [0.25, 0.3) is 0 Å². The van der Waals surface area contributed by atoms with Gasteiger partial charge in [0, 0.05) is 24.6 Å². The number of thiol groups is 1. The van der Waals surface area contributed by atoms with Crippen molar-refractivity contribution in [3.63, 3.8) is 0 Å². The Hall–Kier alpha value is 0.110. The predicted octanol–water partition coefficient (Wildman–Crippen LogP) is -0.764. The van der Waals surface area contributed by atoms with Gasteiger partial charge < -0.3 is 5.32 Å². The van der Waals surface area contributed by atoms with E-state index < -0.39 is 9.93 Å². The Kier molecular flexibility index (Phi) is 1.68. The summed E-state index contributed by atoms with van der Waals surface area (Å²) in [5.74, 6) is 1.79. The molecule has 0 spiro atoms. The van der Waals surface area contributed by atoms with Crippen molar-refractivity contribution in [2.75, 3.05) is 30.9 Å². The van der Waals surface area contributed by atoms with Crippen molar-refractivity contribution in [3.05, 3.63) is 0 Å². The molecule has 8 heavy (non-hydrogen) atoms. The molecule has 1 saturated heterocycles. The molecular formula is C5H13NOS. The summed E-state index contributed by atoms with van der Waals surface area (Å²) in [6.07, 6.45) is 1.90. The molecule has 1 heterocycles. The van der Waals surface area contributed by atoms with E-state index in [0.717, 1.165) is 24.6 Å².